The minimum atomic E-state index is -0.196. The molecule has 4 aliphatic rings. The van der Waals surface area contributed by atoms with Crippen LogP contribution in [0.5, 0.6) is 0 Å². The number of carbonyl (C=O) groups is 1. The zero-order chi connectivity index (χ0) is 30.6. The predicted octanol–water partition coefficient (Wildman–Crippen LogP) is 11.5. The van der Waals surface area contributed by atoms with E-state index in [9.17, 15) is 4.79 Å². The minimum absolute atomic E-state index is 0.0386. The van der Waals surface area contributed by atoms with E-state index >= 15 is 0 Å². The van der Waals surface area contributed by atoms with E-state index in [1.165, 1.54) is 77.0 Å². The molecule has 2 heteroatoms. The van der Waals surface area contributed by atoms with Crippen molar-refractivity contribution in [3.63, 3.8) is 0 Å². The van der Waals surface area contributed by atoms with Crippen LogP contribution in [0.3, 0.4) is 0 Å². The fourth-order valence-electron chi connectivity index (χ4n) is 10.3. The molecule has 0 aliphatic heterocycles. The van der Waals surface area contributed by atoms with E-state index in [-0.39, 0.29) is 17.5 Å². The summed E-state index contributed by atoms with van der Waals surface area (Å²) in [6.07, 6.45) is 24.5. The SMILES string of the molecule is CCCCCCCCC1CCC2C3CC=C4CC(OC(=O)/C(=C\c5ccccc5)c5ccccc5)CCC4(C)C3CCC12C. The third kappa shape index (κ3) is 6.38. The Bertz CT molecular complexity index is 1310. The first-order chi connectivity index (χ1) is 21.4. The van der Waals surface area contributed by atoms with Gasteiger partial charge in [0, 0.05) is 6.42 Å². The van der Waals surface area contributed by atoms with Crippen molar-refractivity contribution in [2.75, 3.05) is 0 Å². The van der Waals surface area contributed by atoms with E-state index < -0.39 is 0 Å². The van der Waals surface area contributed by atoms with Crippen molar-refractivity contribution in [2.45, 2.75) is 123 Å². The zero-order valence-corrected chi connectivity index (χ0v) is 27.7. The molecule has 3 saturated carbocycles. The van der Waals surface area contributed by atoms with Crippen LogP contribution in [0.15, 0.2) is 72.3 Å². The van der Waals surface area contributed by atoms with Gasteiger partial charge < -0.3 is 4.74 Å². The first kappa shape index (κ1) is 31.4. The third-order valence-electron chi connectivity index (χ3n) is 12.9. The van der Waals surface area contributed by atoms with Crippen molar-refractivity contribution in [3.8, 4) is 0 Å². The average Bonchev–Trinajstić information content (AvgIpc) is 3.38. The lowest BCUT2D eigenvalue weighted by Gasteiger charge is -2.58. The summed E-state index contributed by atoms with van der Waals surface area (Å²) in [6, 6.07) is 20.1. The maximum atomic E-state index is 13.7. The number of rotatable bonds is 11. The Kier molecular flexibility index (Phi) is 9.84. The lowest BCUT2D eigenvalue weighted by Crippen LogP contribution is -2.50. The van der Waals surface area contributed by atoms with E-state index in [0.717, 1.165) is 54.1 Å². The van der Waals surface area contributed by atoms with Gasteiger partial charge in [0.1, 0.15) is 6.10 Å². The molecule has 44 heavy (non-hydrogen) atoms. The number of carbonyl (C=O) groups excluding carboxylic acids is 1. The van der Waals surface area contributed by atoms with E-state index in [1.54, 1.807) is 5.57 Å². The molecule has 3 fully saturated rings. The number of allylic oxidation sites excluding steroid dienone is 1. The second-order valence-corrected chi connectivity index (χ2v) is 15.2. The zero-order valence-electron chi connectivity index (χ0n) is 27.7. The van der Waals surface area contributed by atoms with Crippen LogP contribution in [0, 0.1) is 34.5 Å². The molecule has 7 atom stereocenters. The Morgan fingerprint density at radius 1 is 0.841 bits per heavy atom. The molecule has 0 heterocycles. The molecule has 4 aliphatic carbocycles. The molecule has 0 saturated heterocycles. The molecule has 0 aromatic heterocycles. The number of fused-ring (bicyclic) bond motifs is 5. The topological polar surface area (TPSA) is 26.3 Å². The van der Waals surface area contributed by atoms with Crippen molar-refractivity contribution in [1.82, 2.24) is 0 Å². The van der Waals surface area contributed by atoms with Gasteiger partial charge in [-0.2, -0.15) is 0 Å². The van der Waals surface area contributed by atoms with Crippen LogP contribution in [0.25, 0.3) is 11.6 Å². The number of ether oxygens (including phenoxy) is 1. The Hall–Kier alpha value is -2.61. The highest BCUT2D eigenvalue weighted by Gasteiger charge is 2.58. The minimum Gasteiger partial charge on any atom is -0.458 e. The van der Waals surface area contributed by atoms with Crippen molar-refractivity contribution in [2.24, 2.45) is 34.5 Å². The van der Waals surface area contributed by atoms with Gasteiger partial charge in [0.05, 0.1) is 5.57 Å². The van der Waals surface area contributed by atoms with Gasteiger partial charge in [0.25, 0.3) is 0 Å². The van der Waals surface area contributed by atoms with Gasteiger partial charge in [-0.05, 0) is 103 Å². The molecule has 0 spiro atoms. The summed E-state index contributed by atoms with van der Waals surface area (Å²) in [6.45, 7) is 7.57. The Morgan fingerprint density at radius 3 is 2.34 bits per heavy atom. The van der Waals surface area contributed by atoms with Crippen molar-refractivity contribution in [1.29, 1.82) is 0 Å². The number of benzene rings is 2. The highest BCUT2D eigenvalue weighted by Crippen LogP contribution is 2.66. The highest BCUT2D eigenvalue weighted by molar-refractivity contribution is 6.21. The second-order valence-electron chi connectivity index (χ2n) is 15.2. The molecule has 0 N–H and O–H groups in total. The fourth-order valence-corrected chi connectivity index (χ4v) is 10.3. The Balaban J connectivity index is 1.11. The molecule has 0 amide bonds. The molecule has 2 aromatic rings. The van der Waals surface area contributed by atoms with E-state index in [4.69, 9.17) is 4.74 Å². The summed E-state index contributed by atoms with van der Waals surface area (Å²) in [5.74, 6) is 3.28. The van der Waals surface area contributed by atoms with Crippen LogP contribution in [0.4, 0.5) is 0 Å². The van der Waals surface area contributed by atoms with Crippen LogP contribution >= 0.6 is 0 Å². The largest absolute Gasteiger partial charge is 0.458 e. The van der Waals surface area contributed by atoms with Gasteiger partial charge in [-0.1, -0.05) is 132 Å². The van der Waals surface area contributed by atoms with Crippen molar-refractivity contribution < 1.29 is 9.53 Å². The maximum absolute atomic E-state index is 13.7. The molecule has 7 unspecified atom stereocenters. The molecule has 2 nitrogen and oxygen atoms in total. The first-order valence-corrected chi connectivity index (χ1v) is 18.1. The second kappa shape index (κ2) is 13.8. The normalized spacial score (nSPS) is 33.1. The van der Waals surface area contributed by atoms with Gasteiger partial charge in [-0.25, -0.2) is 4.79 Å². The molecular formula is C42H56O2. The standard InChI is InChI=1S/C42H56O2/c1-4-5-6-7-8-15-20-33-22-24-38-36-23-21-34-30-35(25-27-42(34,3)39(36)26-28-41(33,38)2)44-40(43)37(32-18-13-10-14-19-32)29-31-16-11-9-12-17-31/h9-14,16-19,21,29,33,35-36,38-39H,4-8,15,20,22-28,30H2,1-3H3/b37-29-. The maximum Gasteiger partial charge on any atom is 0.339 e. The van der Waals surface area contributed by atoms with Crippen LogP contribution in [0.2, 0.25) is 0 Å². The van der Waals surface area contributed by atoms with E-state index in [0.29, 0.717) is 11.0 Å². The van der Waals surface area contributed by atoms with Crippen LogP contribution in [-0.4, -0.2) is 12.1 Å². The van der Waals surface area contributed by atoms with Crippen LogP contribution < -0.4 is 0 Å². The van der Waals surface area contributed by atoms with Crippen LogP contribution in [0.1, 0.15) is 128 Å². The summed E-state index contributed by atoms with van der Waals surface area (Å²) in [4.78, 5) is 13.7. The molecule has 2 aromatic carbocycles. The molecule has 6 rings (SSSR count). The van der Waals surface area contributed by atoms with Crippen LogP contribution in [-0.2, 0) is 9.53 Å². The number of hydrogen-bond acceptors (Lipinski definition) is 2. The van der Waals surface area contributed by atoms with Gasteiger partial charge in [-0.15, -0.1) is 0 Å². The van der Waals surface area contributed by atoms with E-state index in [1.807, 2.05) is 66.7 Å². The van der Waals surface area contributed by atoms with Gasteiger partial charge in [0.15, 0.2) is 0 Å². The number of hydrogen-bond donors (Lipinski definition) is 0. The Labute approximate surface area is 267 Å². The first-order valence-electron chi connectivity index (χ1n) is 18.1. The summed E-state index contributed by atoms with van der Waals surface area (Å²) >= 11 is 0. The Morgan fingerprint density at radius 2 is 1.57 bits per heavy atom. The van der Waals surface area contributed by atoms with Gasteiger partial charge in [-0.3, -0.25) is 0 Å². The average molecular weight is 593 g/mol. The quantitative estimate of drug-likeness (QED) is 0.0853. The molecule has 236 valence electrons. The smallest absolute Gasteiger partial charge is 0.339 e. The van der Waals surface area contributed by atoms with Crippen molar-refractivity contribution in [3.05, 3.63) is 83.4 Å². The predicted molar refractivity (Wildman–Crippen MR) is 184 cm³/mol. The highest BCUT2D eigenvalue weighted by atomic mass is 16.5. The van der Waals surface area contributed by atoms with Crippen molar-refractivity contribution >= 4 is 17.6 Å². The fraction of sp³-hybridized carbons (Fsp3) is 0.595. The number of esters is 1. The molecule has 0 bridgehead atoms. The monoisotopic (exact) mass is 592 g/mol. The van der Waals surface area contributed by atoms with Gasteiger partial charge in [0.2, 0.25) is 0 Å². The summed E-state index contributed by atoms with van der Waals surface area (Å²) in [7, 11) is 0. The summed E-state index contributed by atoms with van der Waals surface area (Å²) in [5.41, 5.74) is 4.99. The summed E-state index contributed by atoms with van der Waals surface area (Å²) in [5, 5.41) is 0. The lowest BCUT2D eigenvalue weighted by atomic mass is 9.47. The third-order valence-corrected chi connectivity index (χ3v) is 12.9. The van der Waals surface area contributed by atoms with Gasteiger partial charge >= 0.3 is 5.97 Å². The lowest BCUT2D eigenvalue weighted by molar-refractivity contribution is -0.144. The summed E-state index contributed by atoms with van der Waals surface area (Å²) < 4.78 is 6.33. The molecular weight excluding hydrogens is 536 g/mol. The van der Waals surface area contributed by atoms with E-state index in [2.05, 4.69) is 26.8 Å². The number of unbranched alkanes of at least 4 members (excludes halogenated alkanes) is 5. The molecule has 0 radical (unpaired) electrons.